The number of carbonyl (C=O) groups is 1. The van der Waals surface area contributed by atoms with E-state index >= 15 is 0 Å². The second kappa shape index (κ2) is 11.2. The first-order valence-electron chi connectivity index (χ1n) is 10.5. The molecule has 4 aromatic rings. The fraction of sp³-hybridized carbons (Fsp3) is 0.125. The van der Waals surface area contributed by atoms with Gasteiger partial charge in [0.2, 0.25) is 5.91 Å². The second-order valence-corrected chi connectivity index (χ2v) is 8.09. The number of rotatable bonds is 10. The number of aromatic nitrogens is 3. The van der Waals surface area contributed by atoms with Crippen molar-refractivity contribution in [2.75, 3.05) is 18.2 Å². The molecule has 1 aromatic heterocycles. The second-order valence-electron chi connectivity index (χ2n) is 7.15. The number of non-ortho nitro benzene ring substituents is 1. The van der Waals surface area contributed by atoms with Gasteiger partial charge in [0.1, 0.15) is 18.1 Å². The average Bonchev–Trinajstić information content (AvgIpc) is 3.30. The molecule has 1 N–H and O–H groups in total. The van der Waals surface area contributed by atoms with Crippen LogP contribution in [-0.2, 0) is 11.4 Å². The largest absolute Gasteiger partial charge is 0.495 e. The highest BCUT2D eigenvalue weighted by atomic mass is 32.2. The van der Waals surface area contributed by atoms with Crippen LogP contribution < -0.4 is 14.8 Å². The van der Waals surface area contributed by atoms with E-state index in [1.54, 1.807) is 19.2 Å². The van der Waals surface area contributed by atoms with Crippen molar-refractivity contribution < 1.29 is 19.2 Å². The monoisotopic (exact) mass is 491 g/mol. The van der Waals surface area contributed by atoms with Gasteiger partial charge in [0.25, 0.3) is 5.69 Å². The summed E-state index contributed by atoms with van der Waals surface area (Å²) in [6.45, 7) is 0.0771. The lowest BCUT2D eigenvalue weighted by Crippen LogP contribution is -2.15. The maximum absolute atomic E-state index is 12.6. The number of hydrogen-bond acceptors (Lipinski definition) is 8. The Balaban J connectivity index is 1.48. The highest BCUT2D eigenvalue weighted by Crippen LogP contribution is 2.26. The smallest absolute Gasteiger partial charge is 0.269 e. The van der Waals surface area contributed by atoms with Gasteiger partial charge in [0.05, 0.1) is 23.5 Å². The van der Waals surface area contributed by atoms with Crippen LogP contribution in [0.5, 0.6) is 11.5 Å². The molecule has 4 rings (SSSR count). The molecule has 0 aliphatic rings. The molecule has 0 saturated carbocycles. The van der Waals surface area contributed by atoms with E-state index in [0.29, 0.717) is 28.2 Å². The Kier molecular flexibility index (Phi) is 7.58. The van der Waals surface area contributed by atoms with Crippen molar-refractivity contribution in [2.24, 2.45) is 0 Å². The number of nitro groups is 1. The third-order valence-corrected chi connectivity index (χ3v) is 5.77. The molecule has 0 saturated heterocycles. The first-order chi connectivity index (χ1) is 17.0. The number of anilines is 1. The number of amides is 1. The van der Waals surface area contributed by atoms with E-state index in [4.69, 9.17) is 9.47 Å². The molecule has 0 fully saturated rings. The number of thioether (sulfide) groups is 1. The Morgan fingerprint density at radius 2 is 1.74 bits per heavy atom. The van der Waals surface area contributed by atoms with Crippen molar-refractivity contribution in [3.05, 3.63) is 94.8 Å². The summed E-state index contributed by atoms with van der Waals surface area (Å²) in [4.78, 5) is 23.0. The van der Waals surface area contributed by atoms with Crippen LogP contribution in [0.15, 0.2) is 84.0 Å². The minimum atomic E-state index is -0.469. The number of para-hydroxylation sites is 3. The van der Waals surface area contributed by atoms with Crippen LogP contribution >= 0.6 is 11.8 Å². The van der Waals surface area contributed by atoms with Crippen molar-refractivity contribution in [2.45, 2.75) is 11.8 Å². The number of ether oxygens (including phenoxy) is 2. The number of carbonyl (C=O) groups excluding carboxylic acids is 1. The lowest BCUT2D eigenvalue weighted by Gasteiger charge is -2.12. The SMILES string of the molecule is COc1ccccc1NC(=O)CSc1nnc(COc2ccc([N+](=O)[O-])cc2)n1-c1ccccc1. The van der Waals surface area contributed by atoms with Crippen LogP contribution in [-0.4, -0.2) is 38.5 Å². The molecule has 10 nitrogen and oxygen atoms in total. The molecule has 3 aromatic carbocycles. The van der Waals surface area contributed by atoms with Crippen LogP contribution in [0, 0.1) is 10.1 Å². The molecular formula is C24H21N5O5S. The fourth-order valence-electron chi connectivity index (χ4n) is 3.20. The van der Waals surface area contributed by atoms with E-state index in [1.165, 1.54) is 36.0 Å². The number of nitro benzene ring substituents is 1. The Hall–Kier alpha value is -4.38. The highest BCUT2D eigenvalue weighted by Gasteiger charge is 2.17. The summed E-state index contributed by atoms with van der Waals surface area (Å²) >= 11 is 1.24. The molecule has 0 bridgehead atoms. The Bertz CT molecular complexity index is 1310. The quantitative estimate of drug-likeness (QED) is 0.196. The normalized spacial score (nSPS) is 10.5. The summed E-state index contributed by atoms with van der Waals surface area (Å²) in [6, 6.07) is 22.5. The van der Waals surface area contributed by atoms with Crippen molar-refractivity contribution in [3.63, 3.8) is 0 Å². The van der Waals surface area contributed by atoms with E-state index in [1.807, 2.05) is 47.0 Å². The van der Waals surface area contributed by atoms with E-state index in [0.717, 1.165) is 5.69 Å². The van der Waals surface area contributed by atoms with Crippen molar-refractivity contribution in [3.8, 4) is 17.2 Å². The van der Waals surface area contributed by atoms with Crippen molar-refractivity contribution in [1.29, 1.82) is 0 Å². The summed E-state index contributed by atoms with van der Waals surface area (Å²) in [5.74, 6) is 1.44. The summed E-state index contributed by atoms with van der Waals surface area (Å²) in [5, 5.41) is 22.7. The van der Waals surface area contributed by atoms with Gasteiger partial charge in [-0.3, -0.25) is 19.5 Å². The van der Waals surface area contributed by atoms with E-state index in [2.05, 4.69) is 15.5 Å². The minimum Gasteiger partial charge on any atom is -0.495 e. The van der Waals surface area contributed by atoms with Gasteiger partial charge in [-0.2, -0.15) is 0 Å². The van der Waals surface area contributed by atoms with Crippen LogP contribution in [0.1, 0.15) is 5.82 Å². The zero-order valence-electron chi connectivity index (χ0n) is 18.7. The molecule has 0 aliphatic carbocycles. The summed E-state index contributed by atoms with van der Waals surface area (Å²) < 4.78 is 12.9. The van der Waals surface area contributed by atoms with Gasteiger partial charge in [0.15, 0.2) is 11.0 Å². The predicted octanol–water partition coefficient (Wildman–Crippen LogP) is 4.49. The number of hydrogen-bond donors (Lipinski definition) is 1. The first kappa shape index (κ1) is 23.8. The molecule has 35 heavy (non-hydrogen) atoms. The molecule has 0 unspecified atom stereocenters. The van der Waals surface area contributed by atoms with Crippen LogP contribution in [0.4, 0.5) is 11.4 Å². The Morgan fingerprint density at radius 3 is 2.46 bits per heavy atom. The van der Waals surface area contributed by atoms with Crippen LogP contribution in [0.2, 0.25) is 0 Å². The maximum Gasteiger partial charge on any atom is 0.269 e. The van der Waals surface area contributed by atoms with Gasteiger partial charge < -0.3 is 14.8 Å². The molecular weight excluding hydrogens is 470 g/mol. The standard InChI is InChI=1S/C24H21N5O5S/c1-33-21-10-6-5-9-20(21)25-23(30)16-35-24-27-26-22(28(24)17-7-3-2-4-8-17)15-34-19-13-11-18(12-14-19)29(31)32/h2-14H,15-16H2,1H3,(H,25,30). The van der Waals surface area contributed by atoms with Gasteiger partial charge >= 0.3 is 0 Å². The molecule has 0 radical (unpaired) electrons. The van der Waals surface area contributed by atoms with Gasteiger partial charge in [-0.1, -0.05) is 42.1 Å². The zero-order valence-corrected chi connectivity index (χ0v) is 19.5. The highest BCUT2D eigenvalue weighted by molar-refractivity contribution is 7.99. The molecule has 0 aliphatic heterocycles. The van der Waals surface area contributed by atoms with Gasteiger partial charge in [0, 0.05) is 17.8 Å². The third-order valence-electron chi connectivity index (χ3n) is 4.84. The summed E-state index contributed by atoms with van der Waals surface area (Å²) in [5.41, 5.74) is 1.38. The number of benzene rings is 3. The van der Waals surface area contributed by atoms with Crippen LogP contribution in [0.3, 0.4) is 0 Å². The van der Waals surface area contributed by atoms with Crippen molar-refractivity contribution in [1.82, 2.24) is 14.8 Å². The Labute approximate surface area is 205 Å². The molecule has 0 spiro atoms. The average molecular weight is 492 g/mol. The minimum absolute atomic E-state index is 0.0186. The van der Waals surface area contributed by atoms with Crippen molar-refractivity contribution >= 4 is 29.0 Å². The first-order valence-corrected chi connectivity index (χ1v) is 11.5. The molecule has 11 heteroatoms. The molecule has 0 atom stereocenters. The Morgan fingerprint density at radius 1 is 1.03 bits per heavy atom. The summed E-state index contributed by atoms with van der Waals surface area (Å²) in [6.07, 6.45) is 0. The summed E-state index contributed by atoms with van der Waals surface area (Å²) in [7, 11) is 1.54. The number of nitrogens with one attached hydrogen (secondary N) is 1. The third kappa shape index (κ3) is 5.95. The lowest BCUT2D eigenvalue weighted by molar-refractivity contribution is -0.384. The topological polar surface area (TPSA) is 121 Å². The zero-order chi connectivity index (χ0) is 24.6. The lowest BCUT2D eigenvalue weighted by atomic mass is 10.3. The number of methoxy groups -OCH3 is 1. The maximum atomic E-state index is 12.6. The predicted molar refractivity (Wildman–Crippen MR) is 131 cm³/mol. The van der Waals surface area contributed by atoms with E-state index < -0.39 is 4.92 Å². The van der Waals surface area contributed by atoms with E-state index in [-0.39, 0.29) is 24.0 Å². The van der Waals surface area contributed by atoms with E-state index in [9.17, 15) is 14.9 Å². The van der Waals surface area contributed by atoms with Gasteiger partial charge in [-0.05, 0) is 36.4 Å². The molecule has 1 amide bonds. The molecule has 178 valence electrons. The molecule has 1 heterocycles. The van der Waals surface area contributed by atoms with Crippen LogP contribution in [0.25, 0.3) is 5.69 Å². The number of nitrogens with zero attached hydrogens (tertiary/aromatic N) is 4. The van der Waals surface area contributed by atoms with Gasteiger partial charge in [-0.15, -0.1) is 10.2 Å². The fourth-order valence-corrected chi connectivity index (χ4v) is 3.97. The van der Waals surface area contributed by atoms with Gasteiger partial charge in [-0.25, -0.2) is 0 Å².